The quantitative estimate of drug-likeness (QED) is 0.896. The molecular weight excluding hydrogens is 267 g/mol. The van der Waals surface area contributed by atoms with Crippen molar-refractivity contribution in [3.05, 3.63) is 34.6 Å². The van der Waals surface area contributed by atoms with Gasteiger partial charge in [0.2, 0.25) is 0 Å². The van der Waals surface area contributed by atoms with Crippen LogP contribution in [0.2, 0.25) is 5.02 Å². The van der Waals surface area contributed by atoms with Gasteiger partial charge < -0.3 is 10.6 Å². The summed E-state index contributed by atoms with van der Waals surface area (Å²) < 4.78 is 13.7. The zero-order chi connectivity index (χ0) is 13.9. The summed E-state index contributed by atoms with van der Waals surface area (Å²) in [5.41, 5.74) is 0.0840. The van der Waals surface area contributed by atoms with Crippen LogP contribution in [-0.4, -0.2) is 25.5 Å². The standard InChI is InChI=1S/C14H18ClFN2O/c1-14(5-7-17-8-6-14)9-18-13(19)10-3-2-4-11(15)12(10)16/h2-4,17H,5-9H2,1H3,(H,18,19). The van der Waals surface area contributed by atoms with E-state index >= 15 is 0 Å². The lowest BCUT2D eigenvalue weighted by atomic mass is 9.81. The van der Waals surface area contributed by atoms with Crippen molar-refractivity contribution >= 4 is 17.5 Å². The first-order valence-electron chi connectivity index (χ1n) is 6.45. The van der Waals surface area contributed by atoms with Crippen molar-refractivity contribution in [1.29, 1.82) is 0 Å². The first kappa shape index (κ1) is 14.3. The van der Waals surface area contributed by atoms with Crippen molar-refractivity contribution < 1.29 is 9.18 Å². The van der Waals surface area contributed by atoms with E-state index in [1.807, 2.05) is 0 Å². The second kappa shape index (κ2) is 5.88. The van der Waals surface area contributed by atoms with E-state index in [4.69, 9.17) is 11.6 Å². The van der Waals surface area contributed by atoms with Gasteiger partial charge in [0, 0.05) is 6.54 Å². The Balaban J connectivity index is 1.99. The summed E-state index contributed by atoms with van der Waals surface area (Å²) in [6.07, 6.45) is 2.01. The second-order valence-electron chi connectivity index (χ2n) is 5.34. The van der Waals surface area contributed by atoms with Crippen molar-refractivity contribution in [2.45, 2.75) is 19.8 Å². The van der Waals surface area contributed by atoms with Gasteiger partial charge in [-0.05, 0) is 43.5 Å². The van der Waals surface area contributed by atoms with Crippen molar-refractivity contribution in [3.63, 3.8) is 0 Å². The predicted molar refractivity (Wildman–Crippen MR) is 74.0 cm³/mol. The Kier molecular flexibility index (Phi) is 4.42. The van der Waals surface area contributed by atoms with Crippen molar-refractivity contribution in [1.82, 2.24) is 10.6 Å². The first-order valence-corrected chi connectivity index (χ1v) is 6.83. The van der Waals surface area contributed by atoms with E-state index in [-0.39, 0.29) is 16.0 Å². The van der Waals surface area contributed by atoms with Crippen LogP contribution in [0.25, 0.3) is 0 Å². The molecule has 0 spiro atoms. The maximum Gasteiger partial charge on any atom is 0.254 e. The number of carbonyl (C=O) groups excluding carboxylic acids is 1. The molecule has 1 aromatic carbocycles. The van der Waals surface area contributed by atoms with Gasteiger partial charge in [-0.2, -0.15) is 0 Å². The molecule has 5 heteroatoms. The molecular formula is C14H18ClFN2O. The minimum Gasteiger partial charge on any atom is -0.351 e. The molecule has 1 aliphatic heterocycles. The minimum absolute atomic E-state index is 0.00466. The topological polar surface area (TPSA) is 41.1 Å². The van der Waals surface area contributed by atoms with E-state index < -0.39 is 11.7 Å². The highest BCUT2D eigenvalue weighted by Gasteiger charge is 2.27. The maximum atomic E-state index is 13.7. The molecule has 0 aliphatic carbocycles. The monoisotopic (exact) mass is 284 g/mol. The van der Waals surface area contributed by atoms with Gasteiger partial charge in [-0.15, -0.1) is 0 Å². The van der Waals surface area contributed by atoms with Gasteiger partial charge in [0.1, 0.15) is 0 Å². The minimum atomic E-state index is -0.655. The molecule has 2 rings (SSSR count). The summed E-state index contributed by atoms with van der Waals surface area (Å²) >= 11 is 5.67. The third kappa shape index (κ3) is 3.45. The smallest absolute Gasteiger partial charge is 0.254 e. The van der Waals surface area contributed by atoms with Gasteiger partial charge in [0.05, 0.1) is 10.6 Å². The molecule has 1 amide bonds. The summed E-state index contributed by atoms with van der Waals surface area (Å²) in [6.45, 7) is 4.61. The molecule has 1 aromatic rings. The van der Waals surface area contributed by atoms with Gasteiger partial charge in [0.15, 0.2) is 5.82 Å². The van der Waals surface area contributed by atoms with Crippen LogP contribution >= 0.6 is 11.6 Å². The van der Waals surface area contributed by atoms with Gasteiger partial charge in [-0.25, -0.2) is 4.39 Å². The lowest BCUT2D eigenvalue weighted by molar-refractivity contribution is 0.0918. The summed E-state index contributed by atoms with van der Waals surface area (Å²) in [7, 11) is 0. The number of halogens is 2. The molecule has 1 heterocycles. The highest BCUT2D eigenvalue weighted by molar-refractivity contribution is 6.31. The Morgan fingerprint density at radius 3 is 2.84 bits per heavy atom. The number of rotatable bonds is 3. The van der Waals surface area contributed by atoms with Gasteiger partial charge in [-0.1, -0.05) is 24.6 Å². The lowest BCUT2D eigenvalue weighted by Crippen LogP contribution is -2.43. The molecule has 0 saturated carbocycles. The van der Waals surface area contributed by atoms with E-state index in [1.54, 1.807) is 6.07 Å². The molecule has 3 nitrogen and oxygen atoms in total. The van der Waals surface area contributed by atoms with Gasteiger partial charge in [-0.3, -0.25) is 4.79 Å². The number of benzene rings is 1. The number of amides is 1. The average Bonchev–Trinajstić information content (AvgIpc) is 2.40. The Hall–Kier alpha value is -1.13. The molecule has 0 atom stereocenters. The largest absolute Gasteiger partial charge is 0.351 e. The number of nitrogens with one attached hydrogen (secondary N) is 2. The molecule has 2 N–H and O–H groups in total. The number of piperidine rings is 1. The van der Waals surface area contributed by atoms with Gasteiger partial charge in [0.25, 0.3) is 5.91 Å². The van der Waals surface area contributed by atoms with Crippen LogP contribution in [0, 0.1) is 11.2 Å². The highest BCUT2D eigenvalue weighted by Crippen LogP contribution is 2.27. The molecule has 104 valence electrons. The van der Waals surface area contributed by atoms with Crippen LogP contribution in [0.1, 0.15) is 30.1 Å². The molecule has 1 aliphatic rings. The zero-order valence-corrected chi connectivity index (χ0v) is 11.7. The van der Waals surface area contributed by atoms with E-state index in [0.717, 1.165) is 25.9 Å². The first-order chi connectivity index (χ1) is 9.02. The van der Waals surface area contributed by atoms with Crippen LogP contribution in [0.4, 0.5) is 4.39 Å². The second-order valence-corrected chi connectivity index (χ2v) is 5.75. The van der Waals surface area contributed by atoms with Crippen LogP contribution in [0.3, 0.4) is 0 Å². The molecule has 1 saturated heterocycles. The molecule has 19 heavy (non-hydrogen) atoms. The Morgan fingerprint density at radius 1 is 1.47 bits per heavy atom. The third-order valence-electron chi connectivity index (χ3n) is 3.68. The maximum absolute atomic E-state index is 13.7. The fourth-order valence-corrected chi connectivity index (χ4v) is 2.45. The molecule has 0 bridgehead atoms. The van der Waals surface area contributed by atoms with E-state index in [1.165, 1.54) is 12.1 Å². The number of carbonyl (C=O) groups is 1. The lowest BCUT2D eigenvalue weighted by Gasteiger charge is -2.34. The Labute approximate surface area is 117 Å². The van der Waals surface area contributed by atoms with Crippen LogP contribution in [0.15, 0.2) is 18.2 Å². The van der Waals surface area contributed by atoms with Crippen LogP contribution in [0.5, 0.6) is 0 Å². The van der Waals surface area contributed by atoms with E-state index in [9.17, 15) is 9.18 Å². The van der Waals surface area contributed by atoms with Crippen molar-refractivity contribution in [2.75, 3.05) is 19.6 Å². The zero-order valence-electron chi connectivity index (χ0n) is 10.9. The van der Waals surface area contributed by atoms with E-state index in [0.29, 0.717) is 6.54 Å². The molecule has 0 radical (unpaired) electrons. The van der Waals surface area contributed by atoms with Crippen LogP contribution in [-0.2, 0) is 0 Å². The Morgan fingerprint density at radius 2 is 2.16 bits per heavy atom. The van der Waals surface area contributed by atoms with Gasteiger partial charge >= 0.3 is 0 Å². The number of hydrogen-bond donors (Lipinski definition) is 2. The summed E-state index contributed by atoms with van der Waals surface area (Å²) in [5.74, 6) is -1.06. The number of hydrogen-bond acceptors (Lipinski definition) is 2. The predicted octanol–water partition coefficient (Wildman–Crippen LogP) is 2.60. The fraction of sp³-hybridized carbons (Fsp3) is 0.500. The van der Waals surface area contributed by atoms with E-state index in [2.05, 4.69) is 17.6 Å². The molecule has 0 aromatic heterocycles. The highest BCUT2D eigenvalue weighted by atomic mass is 35.5. The van der Waals surface area contributed by atoms with Crippen LogP contribution < -0.4 is 10.6 Å². The summed E-state index contributed by atoms with van der Waals surface area (Å²) in [5, 5.41) is 6.07. The summed E-state index contributed by atoms with van der Waals surface area (Å²) in [6, 6.07) is 4.45. The molecule has 1 fully saturated rings. The molecule has 0 unspecified atom stereocenters. The SMILES string of the molecule is CC1(CNC(=O)c2cccc(Cl)c2F)CCNCC1. The Bertz CT molecular complexity index is 473. The average molecular weight is 285 g/mol. The van der Waals surface area contributed by atoms with Crippen molar-refractivity contribution in [3.8, 4) is 0 Å². The fourth-order valence-electron chi connectivity index (χ4n) is 2.28. The normalized spacial score (nSPS) is 18.1. The third-order valence-corrected chi connectivity index (χ3v) is 3.97. The van der Waals surface area contributed by atoms with Crippen molar-refractivity contribution in [2.24, 2.45) is 5.41 Å². The summed E-state index contributed by atoms with van der Waals surface area (Å²) in [4.78, 5) is 12.0.